The highest BCUT2D eigenvalue weighted by molar-refractivity contribution is 9.10. The van der Waals surface area contributed by atoms with Gasteiger partial charge in [0, 0.05) is 10.2 Å². The van der Waals surface area contributed by atoms with Crippen molar-refractivity contribution in [2.24, 2.45) is 35.5 Å². The molecular formula is C18H17BrN2O2. The minimum Gasteiger partial charge on any atom is -0.367 e. The van der Waals surface area contributed by atoms with E-state index in [1.165, 1.54) is 11.3 Å². The van der Waals surface area contributed by atoms with Crippen molar-refractivity contribution in [2.45, 2.75) is 6.42 Å². The maximum absolute atomic E-state index is 12.8. The van der Waals surface area contributed by atoms with Gasteiger partial charge in [0.25, 0.3) is 0 Å². The molecule has 1 aromatic rings. The highest BCUT2D eigenvalue weighted by Crippen LogP contribution is 2.65. The Morgan fingerprint density at radius 3 is 2.13 bits per heavy atom. The molecule has 6 atom stereocenters. The van der Waals surface area contributed by atoms with Crippen LogP contribution in [0.1, 0.15) is 6.42 Å². The minimum absolute atomic E-state index is 0.0225. The van der Waals surface area contributed by atoms with Gasteiger partial charge in [-0.3, -0.25) is 14.5 Å². The third kappa shape index (κ3) is 1.89. The van der Waals surface area contributed by atoms with Gasteiger partial charge in [0.15, 0.2) is 0 Å². The number of imide groups is 1. The smallest absolute Gasteiger partial charge is 0.235 e. The summed E-state index contributed by atoms with van der Waals surface area (Å²) in [5.74, 6) is 1.74. The summed E-state index contributed by atoms with van der Waals surface area (Å²) < 4.78 is 1.00. The van der Waals surface area contributed by atoms with Crippen molar-refractivity contribution < 1.29 is 9.59 Å². The quantitative estimate of drug-likeness (QED) is 0.655. The van der Waals surface area contributed by atoms with Gasteiger partial charge in [0.2, 0.25) is 11.8 Å². The van der Waals surface area contributed by atoms with Crippen molar-refractivity contribution in [1.29, 1.82) is 0 Å². The Morgan fingerprint density at radius 2 is 1.57 bits per heavy atom. The largest absolute Gasteiger partial charge is 0.367 e. The molecule has 2 amide bonds. The third-order valence-corrected chi connectivity index (χ3v) is 6.57. The fourth-order valence-corrected chi connectivity index (χ4v) is 5.18. The Hall–Kier alpha value is -1.62. The van der Waals surface area contributed by atoms with E-state index < -0.39 is 0 Å². The maximum Gasteiger partial charge on any atom is 0.235 e. The van der Waals surface area contributed by atoms with Gasteiger partial charge in [-0.1, -0.05) is 28.1 Å². The average Bonchev–Trinajstić information content (AvgIpc) is 3.33. The van der Waals surface area contributed by atoms with Crippen LogP contribution < -0.4 is 5.32 Å². The first-order valence-electron chi connectivity index (χ1n) is 8.18. The molecule has 5 heteroatoms. The van der Waals surface area contributed by atoms with Crippen molar-refractivity contribution in [3.05, 3.63) is 40.9 Å². The summed E-state index contributed by atoms with van der Waals surface area (Å²) in [6, 6.07) is 7.74. The van der Waals surface area contributed by atoms with Crippen molar-refractivity contribution in [2.75, 3.05) is 12.0 Å². The number of carbonyl (C=O) groups is 2. The zero-order chi connectivity index (χ0) is 15.7. The Labute approximate surface area is 143 Å². The molecule has 0 aromatic heterocycles. The number of rotatable bonds is 3. The second kappa shape index (κ2) is 4.69. The molecule has 1 aromatic carbocycles. The summed E-state index contributed by atoms with van der Waals surface area (Å²) in [6.07, 6.45) is 5.61. The molecule has 2 bridgehead atoms. The summed E-state index contributed by atoms with van der Waals surface area (Å²) >= 11 is 3.40. The fraction of sp³-hybridized carbons (Fsp3) is 0.444. The number of nitrogens with zero attached hydrogens (tertiary/aromatic N) is 1. The second-order valence-electron chi connectivity index (χ2n) is 7.10. The zero-order valence-corrected chi connectivity index (χ0v) is 14.1. The SMILES string of the molecule is O=C1[C@@H]2[C@H]3C=C[C@@H]([C@@H]4C[C@@H]34)[C@H]2C(=O)N1CNc1ccc(Br)cc1. The molecule has 1 saturated heterocycles. The Bertz CT molecular complexity index is 693. The lowest BCUT2D eigenvalue weighted by atomic mass is 9.63. The van der Waals surface area contributed by atoms with Gasteiger partial charge < -0.3 is 5.32 Å². The Morgan fingerprint density at radius 1 is 1.00 bits per heavy atom. The van der Waals surface area contributed by atoms with E-state index in [0.717, 1.165) is 10.2 Å². The average molecular weight is 373 g/mol. The molecule has 2 saturated carbocycles. The van der Waals surface area contributed by atoms with Crippen molar-refractivity contribution in [1.82, 2.24) is 4.90 Å². The fourth-order valence-electron chi connectivity index (χ4n) is 4.91. The van der Waals surface area contributed by atoms with Crippen molar-refractivity contribution in [3.63, 3.8) is 0 Å². The second-order valence-corrected chi connectivity index (χ2v) is 8.02. The highest BCUT2D eigenvalue weighted by atomic mass is 79.9. The molecule has 0 radical (unpaired) electrons. The monoisotopic (exact) mass is 372 g/mol. The van der Waals surface area contributed by atoms with Crippen LogP contribution >= 0.6 is 15.9 Å². The van der Waals surface area contributed by atoms with E-state index in [0.29, 0.717) is 23.7 Å². The number of hydrogen-bond donors (Lipinski definition) is 1. The number of anilines is 1. The molecule has 5 aliphatic rings. The molecule has 0 unspecified atom stereocenters. The van der Waals surface area contributed by atoms with Gasteiger partial charge in [0.05, 0.1) is 18.5 Å². The first-order valence-corrected chi connectivity index (χ1v) is 8.97. The number of hydrogen-bond acceptors (Lipinski definition) is 3. The lowest BCUT2D eigenvalue weighted by Gasteiger charge is -2.37. The van der Waals surface area contributed by atoms with Crippen LogP contribution in [0.2, 0.25) is 0 Å². The van der Waals surface area contributed by atoms with E-state index in [4.69, 9.17) is 0 Å². The molecule has 1 heterocycles. The summed E-state index contributed by atoms with van der Waals surface area (Å²) in [6.45, 7) is 0.265. The van der Waals surface area contributed by atoms with Crippen molar-refractivity contribution >= 4 is 33.4 Å². The van der Waals surface area contributed by atoms with Gasteiger partial charge in [-0.25, -0.2) is 0 Å². The van der Waals surface area contributed by atoms with Crippen LogP contribution in [0, 0.1) is 35.5 Å². The van der Waals surface area contributed by atoms with E-state index in [1.54, 1.807) is 0 Å². The van der Waals surface area contributed by atoms with E-state index in [-0.39, 0.29) is 30.3 Å². The molecule has 118 valence electrons. The molecular weight excluding hydrogens is 356 g/mol. The number of allylic oxidation sites excluding steroid dienone is 2. The summed E-state index contributed by atoms with van der Waals surface area (Å²) in [5, 5.41) is 3.20. The number of carbonyl (C=O) groups excluding carboxylic acids is 2. The van der Waals surface area contributed by atoms with E-state index in [1.807, 2.05) is 24.3 Å². The molecule has 1 aliphatic heterocycles. The first-order chi connectivity index (χ1) is 11.1. The van der Waals surface area contributed by atoms with E-state index in [9.17, 15) is 9.59 Å². The first kappa shape index (κ1) is 13.8. The molecule has 4 nitrogen and oxygen atoms in total. The number of halogens is 1. The Kier molecular flexibility index (Phi) is 2.81. The van der Waals surface area contributed by atoms with E-state index >= 15 is 0 Å². The van der Waals surface area contributed by atoms with Crippen LogP contribution in [-0.2, 0) is 9.59 Å². The topological polar surface area (TPSA) is 49.4 Å². The van der Waals surface area contributed by atoms with Crippen LogP contribution in [0.25, 0.3) is 0 Å². The standard InChI is InChI=1S/C18H17BrN2O2/c19-9-1-3-10(4-2-9)20-8-21-17(22)15-11-5-6-12(14-7-13(11)14)16(15)18(21)23/h1-6,11-16,20H,7-8H2/t11-,12-,13-,14-,15+,16+/m0/s1. The van der Waals surface area contributed by atoms with Crippen LogP contribution in [0.15, 0.2) is 40.9 Å². The van der Waals surface area contributed by atoms with Crippen LogP contribution in [-0.4, -0.2) is 23.4 Å². The zero-order valence-electron chi connectivity index (χ0n) is 12.5. The summed E-state index contributed by atoms with van der Waals surface area (Å²) in [7, 11) is 0. The number of nitrogens with one attached hydrogen (secondary N) is 1. The predicted molar refractivity (Wildman–Crippen MR) is 89.2 cm³/mol. The lowest BCUT2D eigenvalue weighted by Crippen LogP contribution is -2.40. The summed E-state index contributed by atoms with van der Waals surface area (Å²) in [4.78, 5) is 27.0. The summed E-state index contributed by atoms with van der Waals surface area (Å²) in [5.41, 5.74) is 0.910. The number of benzene rings is 1. The molecule has 6 rings (SSSR count). The van der Waals surface area contributed by atoms with Gasteiger partial charge in [-0.2, -0.15) is 0 Å². The van der Waals surface area contributed by atoms with Crippen LogP contribution in [0.5, 0.6) is 0 Å². The molecule has 23 heavy (non-hydrogen) atoms. The molecule has 1 N–H and O–H groups in total. The number of amides is 2. The van der Waals surface area contributed by atoms with Gasteiger partial charge >= 0.3 is 0 Å². The number of likely N-dealkylation sites (tertiary alicyclic amines) is 1. The molecule has 3 fully saturated rings. The normalized spacial score (nSPS) is 39.4. The lowest BCUT2D eigenvalue weighted by molar-refractivity contribution is -0.139. The Balaban J connectivity index is 1.36. The van der Waals surface area contributed by atoms with Gasteiger partial charge in [-0.05, 0) is 54.4 Å². The van der Waals surface area contributed by atoms with Gasteiger partial charge in [0.1, 0.15) is 0 Å². The van der Waals surface area contributed by atoms with Gasteiger partial charge in [-0.15, -0.1) is 0 Å². The van der Waals surface area contributed by atoms with Crippen molar-refractivity contribution in [3.8, 4) is 0 Å². The molecule has 0 spiro atoms. The van der Waals surface area contributed by atoms with Crippen LogP contribution in [0.4, 0.5) is 5.69 Å². The third-order valence-electron chi connectivity index (χ3n) is 6.04. The molecule has 4 aliphatic carbocycles. The highest BCUT2D eigenvalue weighted by Gasteiger charge is 2.66. The van der Waals surface area contributed by atoms with E-state index in [2.05, 4.69) is 33.4 Å². The maximum atomic E-state index is 12.8. The minimum atomic E-state index is -0.104. The predicted octanol–water partition coefficient (Wildman–Crippen LogP) is 2.87. The van der Waals surface area contributed by atoms with Crippen LogP contribution in [0.3, 0.4) is 0 Å².